The first kappa shape index (κ1) is 9.33. The van der Waals surface area contributed by atoms with E-state index in [-0.39, 0.29) is 18.3 Å². The van der Waals surface area contributed by atoms with E-state index in [0.717, 1.165) is 0 Å². The van der Waals surface area contributed by atoms with Crippen LogP contribution in [0.4, 0.5) is 4.39 Å². The molecule has 0 aromatic heterocycles. The number of amidine groups is 1. The van der Waals surface area contributed by atoms with E-state index < -0.39 is 0 Å². The molecular weight excluding hydrogens is 251 g/mol. The molecule has 1 aliphatic rings. The summed E-state index contributed by atoms with van der Waals surface area (Å²) in [7, 11) is 0. The Bertz CT molecular complexity index is 431. The third-order valence-electron chi connectivity index (χ3n) is 1.83. The van der Waals surface area contributed by atoms with E-state index in [1.807, 2.05) is 0 Å². The number of rotatable bonds is 1. The Morgan fingerprint density at radius 1 is 1.50 bits per heavy atom. The van der Waals surface area contributed by atoms with Crippen LogP contribution in [-0.4, -0.2) is 18.3 Å². The predicted molar refractivity (Wildman–Crippen MR) is 53.6 cm³/mol. The van der Waals surface area contributed by atoms with Gasteiger partial charge in [0, 0.05) is 5.56 Å². The van der Waals surface area contributed by atoms with Gasteiger partial charge in [-0.1, -0.05) is 0 Å². The van der Waals surface area contributed by atoms with E-state index in [1.54, 1.807) is 12.1 Å². The number of carbonyl (C=O) groups is 1. The lowest BCUT2D eigenvalue weighted by molar-refractivity contribution is -0.117. The van der Waals surface area contributed by atoms with E-state index in [9.17, 15) is 9.18 Å². The maximum atomic E-state index is 12.9. The Morgan fingerprint density at radius 3 is 2.86 bits per heavy atom. The molecule has 72 valence electrons. The second-order valence-corrected chi connectivity index (χ2v) is 3.70. The van der Waals surface area contributed by atoms with Crippen LogP contribution in [0.5, 0.6) is 0 Å². The summed E-state index contributed by atoms with van der Waals surface area (Å²) in [4.78, 5) is 14.8. The van der Waals surface area contributed by atoms with Gasteiger partial charge in [-0.2, -0.15) is 0 Å². The first-order valence-electron chi connectivity index (χ1n) is 3.96. The minimum absolute atomic E-state index is 0.138. The van der Waals surface area contributed by atoms with E-state index in [1.165, 1.54) is 6.07 Å². The van der Waals surface area contributed by atoms with Gasteiger partial charge in [0.15, 0.2) is 0 Å². The highest BCUT2D eigenvalue weighted by Crippen LogP contribution is 2.17. The van der Waals surface area contributed by atoms with Gasteiger partial charge in [0.05, 0.1) is 4.47 Å². The number of carbonyl (C=O) groups excluding carboxylic acids is 1. The number of hydrogen-bond donors (Lipinski definition) is 1. The van der Waals surface area contributed by atoms with Gasteiger partial charge >= 0.3 is 0 Å². The fraction of sp³-hybridized carbons (Fsp3) is 0.111. The smallest absolute Gasteiger partial charge is 0.247 e. The number of amides is 1. The number of benzene rings is 1. The largest absolute Gasteiger partial charge is 0.309 e. The van der Waals surface area contributed by atoms with Gasteiger partial charge in [-0.05, 0) is 34.1 Å². The van der Waals surface area contributed by atoms with Gasteiger partial charge in [0.25, 0.3) is 0 Å². The van der Waals surface area contributed by atoms with Crippen molar-refractivity contribution in [3.05, 3.63) is 34.1 Å². The molecular formula is C9H6BrFN2O. The summed E-state index contributed by atoms with van der Waals surface area (Å²) in [5.74, 6) is 0.0230. The van der Waals surface area contributed by atoms with Crippen molar-refractivity contribution in [3.63, 3.8) is 0 Å². The van der Waals surface area contributed by atoms with Crippen molar-refractivity contribution in [3.8, 4) is 0 Å². The summed E-state index contributed by atoms with van der Waals surface area (Å²) in [5, 5.41) is 2.58. The lowest BCUT2D eigenvalue weighted by Crippen LogP contribution is -2.25. The highest BCUT2D eigenvalue weighted by Gasteiger charge is 2.15. The predicted octanol–water partition coefficient (Wildman–Crippen LogP) is 1.46. The van der Waals surface area contributed by atoms with Crippen molar-refractivity contribution >= 4 is 27.7 Å². The molecule has 1 amide bonds. The summed E-state index contributed by atoms with van der Waals surface area (Å²) < 4.78 is 13.2. The summed E-state index contributed by atoms with van der Waals surface area (Å²) in [6.45, 7) is 0.143. The van der Waals surface area contributed by atoms with Crippen molar-refractivity contribution < 1.29 is 9.18 Å². The molecule has 5 heteroatoms. The molecule has 0 fully saturated rings. The minimum Gasteiger partial charge on any atom is -0.309 e. The van der Waals surface area contributed by atoms with Gasteiger partial charge in [-0.15, -0.1) is 0 Å². The van der Waals surface area contributed by atoms with Crippen LogP contribution in [0.3, 0.4) is 0 Å². The topological polar surface area (TPSA) is 41.5 Å². The quantitative estimate of drug-likeness (QED) is 0.813. The van der Waals surface area contributed by atoms with E-state index in [4.69, 9.17) is 0 Å². The van der Waals surface area contributed by atoms with Crippen molar-refractivity contribution in [1.29, 1.82) is 0 Å². The van der Waals surface area contributed by atoms with Gasteiger partial charge < -0.3 is 5.32 Å². The zero-order valence-corrected chi connectivity index (χ0v) is 8.64. The number of aliphatic imine (C=N–C) groups is 1. The summed E-state index contributed by atoms with van der Waals surface area (Å²) >= 11 is 3.07. The standard InChI is InChI=1S/C9H6BrFN2O/c10-6-3-5(1-2-7(6)11)9-12-4-8(14)13-9/h1-3H,4H2,(H,12,13,14). The molecule has 0 aliphatic carbocycles. The molecule has 0 bridgehead atoms. The molecule has 1 N–H and O–H groups in total. The van der Waals surface area contributed by atoms with Crippen molar-refractivity contribution in [1.82, 2.24) is 5.32 Å². The number of halogens is 2. The molecule has 14 heavy (non-hydrogen) atoms. The minimum atomic E-state index is -0.335. The van der Waals surface area contributed by atoms with Crippen LogP contribution >= 0.6 is 15.9 Å². The maximum Gasteiger partial charge on any atom is 0.247 e. The second-order valence-electron chi connectivity index (χ2n) is 2.84. The SMILES string of the molecule is O=C1CN=C(c2ccc(F)c(Br)c2)N1. The second kappa shape index (κ2) is 3.49. The molecule has 1 aromatic rings. The fourth-order valence-electron chi connectivity index (χ4n) is 1.17. The zero-order chi connectivity index (χ0) is 10.1. The Balaban J connectivity index is 2.34. The lowest BCUT2D eigenvalue weighted by Gasteiger charge is -2.02. The molecule has 3 nitrogen and oxygen atoms in total. The zero-order valence-electron chi connectivity index (χ0n) is 7.05. The van der Waals surface area contributed by atoms with E-state index in [0.29, 0.717) is 15.9 Å². The highest BCUT2D eigenvalue weighted by molar-refractivity contribution is 9.10. The summed E-state index contributed by atoms with van der Waals surface area (Å²) in [6, 6.07) is 4.48. The van der Waals surface area contributed by atoms with E-state index in [2.05, 4.69) is 26.2 Å². The van der Waals surface area contributed by atoms with E-state index >= 15 is 0 Å². The summed E-state index contributed by atoms with van der Waals surface area (Å²) in [6.07, 6.45) is 0. The number of nitrogens with one attached hydrogen (secondary N) is 1. The van der Waals surface area contributed by atoms with Crippen LogP contribution < -0.4 is 5.32 Å². The van der Waals surface area contributed by atoms with Crippen LogP contribution in [0.15, 0.2) is 27.7 Å². The average Bonchev–Trinajstić information content (AvgIpc) is 2.57. The summed E-state index contributed by atoms with van der Waals surface area (Å²) in [5.41, 5.74) is 0.698. The monoisotopic (exact) mass is 256 g/mol. The van der Waals surface area contributed by atoms with Gasteiger partial charge in [-0.25, -0.2) is 4.39 Å². The molecule has 0 atom stereocenters. The molecule has 0 saturated heterocycles. The third-order valence-corrected chi connectivity index (χ3v) is 2.44. The molecule has 0 saturated carbocycles. The molecule has 1 aliphatic heterocycles. The Morgan fingerprint density at radius 2 is 2.29 bits per heavy atom. The third kappa shape index (κ3) is 1.68. The number of hydrogen-bond acceptors (Lipinski definition) is 2. The highest BCUT2D eigenvalue weighted by atomic mass is 79.9. The molecule has 0 radical (unpaired) electrons. The van der Waals surface area contributed by atoms with Crippen LogP contribution in [0.25, 0.3) is 0 Å². The molecule has 2 rings (SSSR count). The Hall–Kier alpha value is -1.23. The number of nitrogens with zero attached hydrogens (tertiary/aromatic N) is 1. The fourth-order valence-corrected chi connectivity index (χ4v) is 1.55. The van der Waals surface area contributed by atoms with Crippen molar-refractivity contribution in [2.24, 2.45) is 4.99 Å². The molecule has 0 unspecified atom stereocenters. The van der Waals surface area contributed by atoms with Crippen molar-refractivity contribution in [2.45, 2.75) is 0 Å². The van der Waals surface area contributed by atoms with Crippen LogP contribution in [-0.2, 0) is 4.79 Å². The van der Waals surface area contributed by atoms with Crippen LogP contribution in [0.2, 0.25) is 0 Å². The molecule has 1 heterocycles. The first-order chi connectivity index (χ1) is 6.66. The molecule has 0 spiro atoms. The van der Waals surface area contributed by atoms with Crippen LogP contribution in [0.1, 0.15) is 5.56 Å². The Kier molecular flexibility index (Phi) is 2.33. The van der Waals surface area contributed by atoms with Gasteiger partial charge in [0.1, 0.15) is 18.2 Å². The van der Waals surface area contributed by atoms with Crippen molar-refractivity contribution in [2.75, 3.05) is 6.54 Å². The molecule has 1 aromatic carbocycles. The average molecular weight is 257 g/mol. The maximum absolute atomic E-state index is 12.9. The van der Waals surface area contributed by atoms with Gasteiger partial charge in [-0.3, -0.25) is 9.79 Å². The lowest BCUT2D eigenvalue weighted by atomic mass is 10.2. The van der Waals surface area contributed by atoms with Gasteiger partial charge in [0.2, 0.25) is 5.91 Å². The Labute approximate surface area is 88.2 Å². The normalized spacial score (nSPS) is 15.3. The first-order valence-corrected chi connectivity index (χ1v) is 4.76. The van der Waals surface area contributed by atoms with Crippen LogP contribution in [0, 0.1) is 5.82 Å².